The molecule has 0 aliphatic heterocycles. The van der Waals surface area contributed by atoms with Gasteiger partial charge in [0, 0.05) is 18.4 Å². The standard InChI is InChI=1S/C19H22N6O/c1-5-24-15-14(21-17(22-15)19(2,3)4)16(26)25-18(24)20-13(23-25)11-12-9-7-6-8-10-12/h6-10H,5,11H2,1-4H3,(H,21,22). The van der Waals surface area contributed by atoms with Crippen molar-refractivity contribution in [2.45, 2.75) is 46.1 Å². The molecule has 3 aromatic heterocycles. The fourth-order valence-electron chi connectivity index (χ4n) is 3.07. The number of nitrogens with zero attached hydrogens (tertiary/aromatic N) is 5. The number of imidazole rings is 1. The summed E-state index contributed by atoms with van der Waals surface area (Å²) in [6, 6.07) is 10.00. The van der Waals surface area contributed by atoms with Crippen LogP contribution in [0.5, 0.6) is 0 Å². The molecule has 0 atom stereocenters. The van der Waals surface area contributed by atoms with Crippen molar-refractivity contribution in [3.8, 4) is 0 Å². The Kier molecular flexibility index (Phi) is 3.68. The molecule has 0 spiro atoms. The highest BCUT2D eigenvalue weighted by Gasteiger charge is 2.23. The Morgan fingerprint density at radius 3 is 2.50 bits per heavy atom. The molecule has 4 rings (SSSR count). The summed E-state index contributed by atoms with van der Waals surface area (Å²) in [5.41, 5.74) is 1.83. The largest absolute Gasteiger partial charge is 0.336 e. The summed E-state index contributed by atoms with van der Waals surface area (Å²) in [5.74, 6) is 1.94. The number of aromatic amines is 1. The summed E-state index contributed by atoms with van der Waals surface area (Å²) in [5, 5.41) is 4.46. The van der Waals surface area contributed by atoms with Gasteiger partial charge in [-0.3, -0.25) is 9.36 Å². The van der Waals surface area contributed by atoms with Crippen molar-refractivity contribution in [1.29, 1.82) is 0 Å². The first kappa shape index (κ1) is 16.5. The van der Waals surface area contributed by atoms with Gasteiger partial charge in [-0.25, -0.2) is 4.98 Å². The van der Waals surface area contributed by atoms with Crippen LogP contribution in [0.15, 0.2) is 35.1 Å². The number of nitrogens with one attached hydrogen (secondary N) is 1. The summed E-state index contributed by atoms with van der Waals surface area (Å²) in [4.78, 5) is 25.4. The van der Waals surface area contributed by atoms with E-state index in [4.69, 9.17) is 0 Å². The number of fused-ring (bicyclic) bond motifs is 2. The molecule has 1 aromatic carbocycles. The lowest BCUT2D eigenvalue weighted by Crippen LogP contribution is -2.19. The van der Waals surface area contributed by atoms with Crippen molar-refractivity contribution in [2.75, 3.05) is 0 Å². The predicted octanol–water partition coefficient (Wildman–Crippen LogP) is 2.68. The number of rotatable bonds is 3. The molecule has 1 N–H and O–H groups in total. The van der Waals surface area contributed by atoms with E-state index >= 15 is 0 Å². The van der Waals surface area contributed by atoms with Crippen LogP contribution in [0.3, 0.4) is 0 Å². The molecule has 0 saturated carbocycles. The molecule has 0 aliphatic rings. The lowest BCUT2D eigenvalue weighted by atomic mass is 9.96. The molecule has 7 heteroatoms. The molecule has 0 aliphatic carbocycles. The maximum absolute atomic E-state index is 12.9. The highest BCUT2D eigenvalue weighted by atomic mass is 16.1. The lowest BCUT2D eigenvalue weighted by molar-refractivity contribution is 0.553. The van der Waals surface area contributed by atoms with E-state index in [0.717, 1.165) is 11.4 Å². The van der Waals surface area contributed by atoms with Crippen LogP contribution in [0.1, 0.15) is 44.9 Å². The van der Waals surface area contributed by atoms with Crippen LogP contribution in [0.2, 0.25) is 0 Å². The zero-order valence-electron chi connectivity index (χ0n) is 15.4. The third-order valence-corrected chi connectivity index (χ3v) is 4.45. The van der Waals surface area contributed by atoms with E-state index in [1.54, 1.807) is 0 Å². The third-order valence-electron chi connectivity index (χ3n) is 4.45. The molecule has 4 aromatic rings. The second-order valence-electron chi connectivity index (χ2n) is 7.49. The first-order chi connectivity index (χ1) is 12.4. The molecule has 0 radical (unpaired) electrons. The van der Waals surface area contributed by atoms with Crippen molar-refractivity contribution in [3.63, 3.8) is 0 Å². The number of hydrogen-bond donors (Lipinski definition) is 1. The summed E-state index contributed by atoms with van der Waals surface area (Å²) in [7, 11) is 0. The SMILES string of the molecule is CCn1c2nc(C(C)(C)C)[nH]c2c(=O)n2nc(Cc3ccccc3)nc12. The van der Waals surface area contributed by atoms with E-state index in [0.29, 0.717) is 35.7 Å². The summed E-state index contributed by atoms with van der Waals surface area (Å²) in [6.07, 6.45) is 0.584. The predicted molar refractivity (Wildman–Crippen MR) is 101 cm³/mol. The quantitative estimate of drug-likeness (QED) is 0.616. The zero-order chi connectivity index (χ0) is 18.5. The Balaban J connectivity index is 1.93. The van der Waals surface area contributed by atoms with Gasteiger partial charge < -0.3 is 4.98 Å². The number of H-pyrrole nitrogens is 1. The van der Waals surface area contributed by atoms with Crippen LogP contribution in [0.25, 0.3) is 16.9 Å². The van der Waals surface area contributed by atoms with Gasteiger partial charge in [0.2, 0.25) is 5.78 Å². The maximum atomic E-state index is 12.9. The number of aromatic nitrogens is 6. The van der Waals surface area contributed by atoms with E-state index in [2.05, 4.69) is 40.8 Å². The minimum Gasteiger partial charge on any atom is -0.336 e. The Morgan fingerprint density at radius 2 is 1.85 bits per heavy atom. The zero-order valence-corrected chi connectivity index (χ0v) is 15.4. The van der Waals surface area contributed by atoms with Crippen LogP contribution in [0.4, 0.5) is 0 Å². The van der Waals surface area contributed by atoms with Gasteiger partial charge in [-0.05, 0) is 12.5 Å². The van der Waals surface area contributed by atoms with Gasteiger partial charge >= 0.3 is 5.56 Å². The minimum absolute atomic E-state index is 0.176. The fourth-order valence-corrected chi connectivity index (χ4v) is 3.07. The van der Waals surface area contributed by atoms with Crippen LogP contribution in [-0.4, -0.2) is 29.1 Å². The highest BCUT2D eigenvalue weighted by Crippen LogP contribution is 2.22. The van der Waals surface area contributed by atoms with E-state index in [1.807, 2.05) is 41.8 Å². The van der Waals surface area contributed by atoms with E-state index in [1.165, 1.54) is 4.52 Å². The van der Waals surface area contributed by atoms with E-state index < -0.39 is 0 Å². The molecule has 0 unspecified atom stereocenters. The smallest absolute Gasteiger partial charge is 0.301 e. The molecule has 0 bridgehead atoms. The van der Waals surface area contributed by atoms with E-state index in [-0.39, 0.29) is 11.0 Å². The normalized spacial score (nSPS) is 12.3. The number of hydrogen-bond acceptors (Lipinski definition) is 4. The van der Waals surface area contributed by atoms with Gasteiger partial charge in [0.05, 0.1) is 0 Å². The van der Waals surface area contributed by atoms with Gasteiger partial charge in [-0.15, -0.1) is 5.10 Å². The Labute approximate surface area is 150 Å². The topological polar surface area (TPSA) is 80.9 Å². The van der Waals surface area contributed by atoms with Gasteiger partial charge in [-0.2, -0.15) is 9.50 Å². The molecule has 134 valence electrons. The monoisotopic (exact) mass is 350 g/mol. The van der Waals surface area contributed by atoms with Crippen molar-refractivity contribution >= 4 is 16.9 Å². The van der Waals surface area contributed by atoms with Crippen LogP contribution in [0, 0.1) is 0 Å². The summed E-state index contributed by atoms with van der Waals surface area (Å²) < 4.78 is 3.32. The molecule has 0 fully saturated rings. The lowest BCUT2D eigenvalue weighted by Gasteiger charge is -2.13. The molecular weight excluding hydrogens is 328 g/mol. The molecule has 3 heterocycles. The average Bonchev–Trinajstić information content (AvgIpc) is 3.21. The van der Waals surface area contributed by atoms with Crippen LogP contribution < -0.4 is 5.56 Å². The van der Waals surface area contributed by atoms with Crippen molar-refractivity contribution in [3.05, 3.63) is 57.9 Å². The van der Waals surface area contributed by atoms with Gasteiger partial charge in [0.15, 0.2) is 17.0 Å². The molecule has 0 saturated heterocycles. The second-order valence-corrected chi connectivity index (χ2v) is 7.49. The maximum Gasteiger partial charge on any atom is 0.301 e. The second kappa shape index (κ2) is 5.79. The Hall–Kier alpha value is -2.96. The first-order valence-corrected chi connectivity index (χ1v) is 8.81. The summed E-state index contributed by atoms with van der Waals surface area (Å²) in [6.45, 7) is 8.85. The minimum atomic E-state index is -0.213. The van der Waals surface area contributed by atoms with Gasteiger partial charge in [-0.1, -0.05) is 51.1 Å². The van der Waals surface area contributed by atoms with Crippen molar-refractivity contribution < 1.29 is 0 Å². The first-order valence-electron chi connectivity index (χ1n) is 8.81. The van der Waals surface area contributed by atoms with E-state index in [9.17, 15) is 4.79 Å². The highest BCUT2D eigenvalue weighted by molar-refractivity contribution is 5.73. The van der Waals surface area contributed by atoms with Crippen LogP contribution >= 0.6 is 0 Å². The van der Waals surface area contributed by atoms with Gasteiger partial charge in [0.25, 0.3) is 0 Å². The number of benzene rings is 1. The third kappa shape index (κ3) is 2.60. The van der Waals surface area contributed by atoms with Crippen molar-refractivity contribution in [2.24, 2.45) is 0 Å². The Morgan fingerprint density at radius 1 is 1.12 bits per heavy atom. The molecular formula is C19H22N6O. The number of aryl methyl sites for hydroxylation is 1. The van der Waals surface area contributed by atoms with Crippen molar-refractivity contribution in [1.82, 2.24) is 29.1 Å². The molecule has 26 heavy (non-hydrogen) atoms. The molecule has 0 amide bonds. The summed E-state index contributed by atoms with van der Waals surface area (Å²) >= 11 is 0. The van der Waals surface area contributed by atoms with Gasteiger partial charge in [0.1, 0.15) is 5.82 Å². The fraction of sp³-hybridized carbons (Fsp3) is 0.368. The average molecular weight is 350 g/mol. The molecule has 7 nitrogen and oxygen atoms in total. The van der Waals surface area contributed by atoms with Crippen LogP contribution in [-0.2, 0) is 18.4 Å². The Bertz CT molecular complexity index is 1140.